The van der Waals surface area contributed by atoms with Crippen molar-refractivity contribution in [3.8, 4) is 28.5 Å². The number of hydrogen-bond acceptors (Lipinski definition) is 10. The van der Waals surface area contributed by atoms with Crippen molar-refractivity contribution in [1.82, 2.24) is 20.3 Å². The SMILES string of the molecule is C=C[C@@H]1C[C@]1(NC(=O)[C@@H]1C[C@@H](Oc2cc(-c3ccccc3)nc3cc(OC)ccc23)C[C@@H]1NC(=O)OC(C)(C)C)C(=O)NS(=O)(=O)c1cccc(OCc2ccccc2)c1. The van der Waals surface area contributed by atoms with Crippen LogP contribution < -0.4 is 29.6 Å². The molecule has 0 spiro atoms. The quantitative estimate of drug-likeness (QED) is 0.0981. The van der Waals surface area contributed by atoms with Gasteiger partial charge in [-0.3, -0.25) is 9.59 Å². The lowest BCUT2D eigenvalue weighted by atomic mass is 10.0. The molecule has 0 radical (unpaired) electrons. The molecule has 2 fully saturated rings. The molecule has 2 aliphatic rings. The maximum absolute atomic E-state index is 14.4. The Balaban J connectivity index is 1.11. The van der Waals surface area contributed by atoms with Crippen LogP contribution in [0.3, 0.4) is 0 Å². The van der Waals surface area contributed by atoms with Crippen molar-refractivity contribution < 1.29 is 41.7 Å². The Labute approximate surface area is 349 Å². The number of sulfonamides is 1. The van der Waals surface area contributed by atoms with Crippen LogP contribution in [0.5, 0.6) is 17.2 Å². The first-order valence-corrected chi connectivity index (χ1v) is 21.1. The van der Waals surface area contributed by atoms with Crippen LogP contribution in [-0.2, 0) is 31.0 Å². The number of benzene rings is 4. The van der Waals surface area contributed by atoms with Crippen LogP contribution in [0, 0.1) is 11.8 Å². The van der Waals surface area contributed by atoms with Crippen LogP contribution in [0.2, 0.25) is 0 Å². The lowest BCUT2D eigenvalue weighted by Crippen LogP contribution is -2.55. The van der Waals surface area contributed by atoms with E-state index >= 15 is 0 Å². The van der Waals surface area contributed by atoms with Crippen LogP contribution in [0.4, 0.5) is 4.79 Å². The van der Waals surface area contributed by atoms with E-state index in [0.717, 1.165) is 16.5 Å². The summed E-state index contributed by atoms with van der Waals surface area (Å²) in [5.41, 5.74) is 0.659. The number of nitrogens with one attached hydrogen (secondary N) is 3. The van der Waals surface area contributed by atoms with Crippen molar-refractivity contribution in [2.45, 2.75) is 74.8 Å². The molecule has 2 saturated carbocycles. The number of nitrogens with zero attached hydrogens (tertiary/aromatic N) is 1. The number of aromatic nitrogens is 1. The summed E-state index contributed by atoms with van der Waals surface area (Å²) in [6.07, 6.45) is 0.706. The summed E-state index contributed by atoms with van der Waals surface area (Å²) in [7, 11) is -2.82. The van der Waals surface area contributed by atoms with Gasteiger partial charge in [0.2, 0.25) is 5.91 Å². The molecule has 3 amide bonds. The number of methoxy groups -OCH3 is 1. The minimum Gasteiger partial charge on any atom is -0.497 e. The Morgan fingerprint density at radius 1 is 0.900 bits per heavy atom. The van der Waals surface area contributed by atoms with Gasteiger partial charge >= 0.3 is 6.09 Å². The minimum atomic E-state index is -4.40. The van der Waals surface area contributed by atoms with Gasteiger partial charge in [-0.15, -0.1) is 6.58 Å². The second-order valence-corrected chi connectivity index (χ2v) is 17.7. The molecule has 5 atom stereocenters. The highest BCUT2D eigenvalue weighted by atomic mass is 32.2. The van der Waals surface area contributed by atoms with Crippen molar-refractivity contribution in [3.05, 3.63) is 127 Å². The van der Waals surface area contributed by atoms with Gasteiger partial charge in [-0.05, 0) is 63.4 Å². The van der Waals surface area contributed by atoms with Crippen molar-refractivity contribution in [2.24, 2.45) is 11.8 Å². The minimum absolute atomic E-state index is 0.120. The molecule has 312 valence electrons. The van der Waals surface area contributed by atoms with E-state index in [1.54, 1.807) is 33.9 Å². The zero-order valence-electron chi connectivity index (χ0n) is 33.8. The summed E-state index contributed by atoms with van der Waals surface area (Å²) in [5.74, 6) is -1.49. The first-order chi connectivity index (χ1) is 28.7. The monoisotopic (exact) mass is 832 g/mol. The zero-order chi connectivity index (χ0) is 42.7. The van der Waals surface area contributed by atoms with Gasteiger partial charge < -0.3 is 29.6 Å². The first kappa shape index (κ1) is 41.7. The molecule has 0 unspecified atom stereocenters. The summed E-state index contributed by atoms with van der Waals surface area (Å²) in [6.45, 7) is 9.24. The van der Waals surface area contributed by atoms with Gasteiger partial charge in [0.1, 0.15) is 41.1 Å². The molecular weight excluding hydrogens is 785 g/mol. The standard InChI is InChI=1S/C46H48N4O9S/c1-6-31-27-46(31,43(52)50-60(54,55)35-19-13-18-33(22-35)57-28-29-14-9-7-10-15-29)49-42(51)37-23-34(25-40(37)48-44(53)59-45(2,3)4)58-41-26-38(30-16-11-8-12-17-30)47-39-24-32(56-5)20-21-36(39)41/h6-22,24,26,31,34,37,40H,1,23,25,27-28H2,2-5H3,(H,48,53)(H,49,51)(H,50,52)/t31-,34-,37-,40+,46-/m1/s1. The largest absolute Gasteiger partial charge is 0.497 e. The van der Waals surface area contributed by atoms with Crippen LogP contribution in [0.25, 0.3) is 22.2 Å². The van der Waals surface area contributed by atoms with E-state index in [1.165, 1.54) is 24.3 Å². The van der Waals surface area contributed by atoms with Crippen LogP contribution in [0.1, 0.15) is 45.6 Å². The molecule has 0 bridgehead atoms. The summed E-state index contributed by atoms with van der Waals surface area (Å²) in [6, 6.07) is 31.4. The molecule has 13 nitrogen and oxygen atoms in total. The first-order valence-electron chi connectivity index (χ1n) is 19.7. The number of amides is 3. The fourth-order valence-electron chi connectivity index (χ4n) is 7.42. The number of pyridine rings is 1. The van der Waals surface area contributed by atoms with Crippen molar-refractivity contribution in [2.75, 3.05) is 7.11 Å². The smallest absolute Gasteiger partial charge is 0.407 e. The molecular formula is C46H48N4O9S. The van der Waals surface area contributed by atoms with Gasteiger partial charge in [0.15, 0.2) is 0 Å². The number of fused-ring (bicyclic) bond motifs is 1. The van der Waals surface area contributed by atoms with E-state index in [0.29, 0.717) is 28.5 Å². The number of carbonyl (C=O) groups excluding carboxylic acids is 3. The topological polar surface area (TPSA) is 171 Å². The normalized spacial score (nSPS) is 21.0. The molecule has 7 rings (SSSR count). The van der Waals surface area contributed by atoms with Gasteiger partial charge in [-0.1, -0.05) is 72.8 Å². The Bertz CT molecular complexity index is 2510. The molecule has 5 aromatic rings. The van der Waals surface area contributed by atoms with Crippen LogP contribution in [-0.4, -0.2) is 61.7 Å². The number of ether oxygens (including phenoxy) is 4. The van der Waals surface area contributed by atoms with Crippen molar-refractivity contribution in [3.63, 3.8) is 0 Å². The van der Waals surface area contributed by atoms with E-state index in [-0.39, 0.29) is 30.8 Å². The van der Waals surface area contributed by atoms with Gasteiger partial charge in [-0.25, -0.2) is 22.9 Å². The zero-order valence-corrected chi connectivity index (χ0v) is 34.7. The van der Waals surface area contributed by atoms with Gasteiger partial charge in [0.05, 0.1) is 29.1 Å². The Kier molecular flexibility index (Phi) is 11.9. The fourth-order valence-corrected chi connectivity index (χ4v) is 8.50. The molecule has 1 heterocycles. The Morgan fingerprint density at radius 2 is 1.63 bits per heavy atom. The predicted molar refractivity (Wildman–Crippen MR) is 226 cm³/mol. The van der Waals surface area contributed by atoms with Crippen molar-refractivity contribution in [1.29, 1.82) is 0 Å². The molecule has 2 aliphatic carbocycles. The lowest BCUT2D eigenvalue weighted by molar-refractivity contribution is -0.132. The number of rotatable bonds is 14. The van der Waals surface area contributed by atoms with E-state index in [1.807, 2.05) is 84.9 Å². The Morgan fingerprint density at radius 3 is 2.32 bits per heavy atom. The number of alkyl carbamates (subject to hydrolysis) is 1. The molecule has 3 N–H and O–H groups in total. The van der Waals surface area contributed by atoms with E-state index < -0.39 is 63.1 Å². The van der Waals surface area contributed by atoms with Gasteiger partial charge in [-0.2, -0.15) is 0 Å². The highest BCUT2D eigenvalue weighted by Crippen LogP contribution is 2.46. The van der Waals surface area contributed by atoms with Crippen LogP contribution in [0.15, 0.2) is 127 Å². The number of hydrogen-bond donors (Lipinski definition) is 3. The number of carbonyl (C=O) groups is 3. The third-order valence-corrected chi connectivity index (χ3v) is 11.9. The third-order valence-electron chi connectivity index (χ3n) is 10.5. The second kappa shape index (κ2) is 17.1. The molecule has 0 aliphatic heterocycles. The second-order valence-electron chi connectivity index (χ2n) is 16.0. The molecule has 1 aromatic heterocycles. The van der Waals surface area contributed by atoms with Crippen molar-refractivity contribution >= 4 is 38.8 Å². The molecule has 60 heavy (non-hydrogen) atoms. The predicted octanol–water partition coefficient (Wildman–Crippen LogP) is 7.11. The van der Waals surface area contributed by atoms with Crippen LogP contribution >= 0.6 is 0 Å². The summed E-state index contributed by atoms with van der Waals surface area (Å²) >= 11 is 0. The third kappa shape index (κ3) is 9.55. The average Bonchev–Trinajstić information content (AvgIpc) is 3.81. The van der Waals surface area contributed by atoms with Gasteiger partial charge in [0.25, 0.3) is 15.9 Å². The highest BCUT2D eigenvalue weighted by Gasteiger charge is 2.61. The maximum Gasteiger partial charge on any atom is 0.407 e. The summed E-state index contributed by atoms with van der Waals surface area (Å²) in [5, 5.41) is 6.44. The van der Waals surface area contributed by atoms with E-state index in [9.17, 15) is 22.8 Å². The maximum atomic E-state index is 14.4. The molecule has 14 heteroatoms. The summed E-state index contributed by atoms with van der Waals surface area (Å²) in [4.78, 5) is 46.2. The lowest BCUT2D eigenvalue weighted by Gasteiger charge is -2.26. The highest BCUT2D eigenvalue weighted by molar-refractivity contribution is 7.90. The van der Waals surface area contributed by atoms with E-state index in [4.69, 9.17) is 23.9 Å². The fraction of sp³-hybridized carbons (Fsp3) is 0.304. The Hall–Kier alpha value is -6.41. The average molecular weight is 833 g/mol. The molecule has 0 saturated heterocycles. The summed E-state index contributed by atoms with van der Waals surface area (Å²) < 4.78 is 52.9. The molecule has 4 aromatic carbocycles. The van der Waals surface area contributed by atoms with E-state index in [2.05, 4.69) is 21.9 Å². The van der Waals surface area contributed by atoms with Gasteiger partial charge in [0, 0.05) is 47.5 Å².